The second-order valence-corrected chi connectivity index (χ2v) is 4.78. The van der Waals surface area contributed by atoms with E-state index in [-0.39, 0.29) is 11.1 Å². The molecule has 1 aliphatic carbocycles. The summed E-state index contributed by atoms with van der Waals surface area (Å²) in [5.74, 6) is -1.58. The van der Waals surface area contributed by atoms with Crippen molar-refractivity contribution in [1.82, 2.24) is 0 Å². The van der Waals surface area contributed by atoms with Gasteiger partial charge in [-0.15, -0.1) is 0 Å². The standard InChI is InChI=1S/C17H14F2O2/c1-20-13-7-3-11(4-8-13)15-16(17(15,18)19)12-5-9-14(21-2)10-6-12/h3-10H,1-2H3. The molecule has 3 rings (SSSR count). The van der Waals surface area contributed by atoms with Crippen LogP contribution in [0.15, 0.2) is 48.5 Å². The molecule has 0 saturated heterocycles. The zero-order valence-electron chi connectivity index (χ0n) is 11.7. The molecule has 0 amide bonds. The van der Waals surface area contributed by atoms with E-state index >= 15 is 0 Å². The molecule has 0 unspecified atom stereocenters. The van der Waals surface area contributed by atoms with Gasteiger partial charge in [-0.2, -0.15) is 8.78 Å². The van der Waals surface area contributed by atoms with Gasteiger partial charge >= 0.3 is 5.92 Å². The van der Waals surface area contributed by atoms with Crippen molar-refractivity contribution >= 4 is 11.1 Å². The van der Waals surface area contributed by atoms with Crippen LogP contribution in [-0.4, -0.2) is 20.1 Å². The van der Waals surface area contributed by atoms with Gasteiger partial charge in [-0.25, -0.2) is 0 Å². The summed E-state index contributed by atoms with van der Waals surface area (Å²) in [5.41, 5.74) is 1.20. The van der Waals surface area contributed by atoms with Crippen LogP contribution in [0.4, 0.5) is 8.78 Å². The molecule has 108 valence electrons. The zero-order chi connectivity index (χ0) is 15.0. The monoisotopic (exact) mass is 288 g/mol. The predicted octanol–water partition coefficient (Wildman–Crippen LogP) is 4.26. The quantitative estimate of drug-likeness (QED) is 0.836. The Morgan fingerprint density at radius 1 is 0.667 bits per heavy atom. The van der Waals surface area contributed by atoms with E-state index in [1.807, 2.05) is 0 Å². The molecule has 0 spiro atoms. The maximum atomic E-state index is 14.1. The molecule has 4 heteroatoms. The van der Waals surface area contributed by atoms with Crippen molar-refractivity contribution in [3.8, 4) is 11.5 Å². The Morgan fingerprint density at radius 3 is 1.29 bits per heavy atom. The summed E-state index contributed by atoms with van der Waals surface area (Å²) >= 11 is 0. The number of halogens is 2. The summed E-state index contributed by atoms with van der Waals surface area (Å²) in [5, 5.41) is 0. The minimum atomic E-state index is -2.87. The number of ether oxygens (including phenoxy) is 2. The number of alkyl halides is 2. The van der Waals surface area contributed by atoms with E-state index in [4.69, 9.17) is 9.47 Å². The van der Waals surface area contributed by atoms with Crippen LogP contribution >= 0.6 is 0 Å². The zero-order valence-corrected chi connectivity index (χ0v) is 11.7. The number of rotatable bonds is 4. The number of hydrogen-bond donors (Lipinski definition) is 0. The van der Waals surface area contributed by atoms with Gasteiger partial charge in [0.25, 0.3) is 0 Å². The van der Waals surface area contributed by atoms with E-state index in [2.05, 4.69) is 0 Å². The predicted molar refractivity (Wildman–Crippen MR) is 77.7 cm³/mol. The fourth-order valence-electron chi connectivity index (χ4n) is 2.40. The maximum Gasteiger partial charge on any atom is 0.300 e. The Balaban J connectivity index is 1.97. The van der Waals surface area contributed by atoms with Crippen molar-refractivity contribution in [1.29, 1.82) is 0 Å². The second-order valence-electron chi connectivity index (χ2n) is 4.78. The third-order valence-corrected chi connectivity index (χ3v) is 3.57. The molecular formula is C17H14F2O2. The van der Waals surface area contributed by atoms with Gasteiger partial charge in [0.15, 0.2) is 0 Å². The second kappa shape index (κ2) is 4.88. The topological polar surface area (TPSA) is 18.5 Å². The van der Waals surface area contributed by atoms with E-state index in [1.54, 1.807) is 62.8 Å². The van der Waals surface area contributed by atoms with Gasteiger partial charge in [-0.3, -0.25) is 0 Å². The van der Waals surface area contributed by atoms with Crippen LogP contribution in [0.2, 0.25) is 0 Å². The summed E-state index contributed by atoms with van der Waals surface area (Å²) in [6.45, 7) is 0. The highest BCUT2D eigenvalue weighted by molar-refractivity contribution is 6.15. The molecule has 0 aliphatic heterocycles. The summed E-state index contributed by atoms with van der Waals surface area (Å²) < 4.78 is 38.2. The van der Waals surface area contributed by atoms with Crippen molar-refractivity contribution in [2.45, 2.75) is 5.92 Å². The van der Waals surface area contributed by atoms with Gasteiger partial charge in [0, 0.05) is 11.1 Å². The lowest BCUT2D eigenvalue weighted by molar-refractivity contribution is 0.166. The Morgan fingerprint density at radius 2 is 1.00 bits per heavy atom. The molecule has 0 fully saturated rings. The van der Waals surface area contributed by atoms with Crippen LogP contribution in [0, 0.1) is 0 Å². The highest BCUT2D eigenvalue weighted by atomic mass is 19.3. The third kappa shape index (κ3) is 2.27. The van der Waals surface area contributed by atoms with Gasteiger partial charge < -0.3 is 9.47 Å². The normalized spacial score (nSPS) is 15.8. The van der Waals surface area contributed by atoms with Crippen LogP contribution in [0.1, 0.15) is 11.1 Å². The first-order valence-electron chi connectivity index (χ1n) is 6.50. The van der Waals surface area contributed by atoms with Crippen molar-refractivity contribution in [3.63, 3.8) is 0 Å². The first kappa shape index (κ1) is 13.6. The number of benzene rings is 2. The molecule has 0 radical (unpaired) electrons. The summed E-state index contributed by atoms with van der Waals surface area (Å²) in [7, 11) is 3.09. The molecule has 2 nitrogen and oxygen atoms in total. The third-order valence-electron chi connectivity index (χ3n) is 3.57. The molecule has 0 aromatic heterocycles. The smallest absolute Gasteiger partial charge is 0.300 e. The average Bonchev–Trinajstić information content (AvgIpc) is 3.10. The lowest BCUT2D eigenvalue weighted by Crippen LogP contribution is -1.97. The Kier molecular flexibility index (Phi) is 3.16. The van der Waals surface area contributed by atoms with Crippen molar-refractivity contribution in [2.24, 2.45) is 0 Å². The fourth-order valence-corrected chi connectivity index (χ4v) is 2.40. The Labute approximate surface area is 121 Å². The first-order valence-corrected chi connectivity index (χ1v) is 6.50. The molecule has 2 aromatic rings. The minimum Gasteiger partial charge on any atom is -0.497 e. The Hall–Kier alpha value is -2.36. The molecule has 0 N–H and O–H groups in total. The number of methoxy groups -OCH3 is 2. The van der Waals surface area contributed by atoms with Crippen LogP contribution in [0.3, 0.4) is 0 Å². The van der Waals surface area contributed by atoms with E-state index < -0.39 is 5.92 Å². The van der Waals surface area contributed by atoms with Crippen LogP contribution < -0.4 is 9.47 Å². The summed E-state index contributed by atoms with van der Waals surface area (Å²) in [6, 6.07) is 13.3. The van der Waals surface area contributed by atoms with Gasteiger partial charge in [0.05, 0.1) is 14.2 Å². The van der Waals surface area contributed by atoms with E-state index in [0.717, 1.165) is 0 Å². The fraction of sp³-hybridized carbons (Fsp3) is 0.176. The number of allylic oxidation sites excluding steroid dienone is 2. The highest BCUT2D eigenvalue weighted by Crippen LogP contribution is 2.60. The lowest BCUT2D eigenvalue weighted by Gasteiger charge is -2.02. The number of hydrogen-bond acceptors (Lipinski definition) is 2. The molecule has 1 aliphatic rings. The van der Waals surface area contributed by atoms with E-state index in [9.17, 15) is 8.78 Å². The van der Waals surface area contributed by atoms with Gasteiger partial charge in [-0.1, -0.05) is 24.3 Å². The lowest BCUT2D eigenvalue weighted by atomic mass is 10.1. The molecule has 2 aromatic carbocycles. The average molecular weight is 288 g/mol. The van der Waals surface area contributed by atoms with Crippen LogP contribution in [-0.2, 0) is 0 Å². The van der Waals surface area contributed by atoms with Crippen molar-refractivity contribution < 1.29 is 18.3 Å². The van der Waals surface area contributed by atoms with Crippen LogP contribution in [0.5, 0.6) is 11.5 Å². The SMILES string of the molecule is COc1ccc(C2=C(c3ccc(OC)cc3)C2(F)F)cc1. The molecule has 0 saturated carbocycles. The minimum absolute atomic E-state index is 0.0790. The largest absolute Gasteiger partial charge is 0.497 e. The molecule has 21 heavy (non-hydrogen) atoms. The molecular weight excluding hydrogens is 274 g/mol. The Bertz CT molecular complexity index is 626. The van der Waals surface area contributed by atoms with E-state index in [0.29, 0.717) is 22.6 Å². The van der Waals surface area contributed by atoms with Gasteiger partial charge in [-0.05, 0) is 35.4 Å². The molecule has 0 atom stereocenters. The first-order chi connectivity index (χ1) is 10.1. The summed E-state index contributed by atoms with van der Waals surface area (Å²) in [4.78, 5) is 0. The van der Waals surface area contributed by atoms with Crippen molar-refractivity contribution in [2.75, 3.05) is 14.2 Å². The maximum absolute atomic E-state index is 14.1. The van der Waals surface area contributed by atoms with E-state index in [1.165, 1.54) is 0 Å². The van der Waals surface area contributed by atoms with Gasteiger partial charge in [0.1, 0.15) is 11.5 Å². The van der Waals surface area contributed by atoms with Crippen molar-refractivity contribution in [3.05, 3.63) is 59.7 Å². The highest BCUT2D eigenvalue weighted by Gasteiger charge is 2.56. The summed E-state index contributed by atoms with van der Waals surface area (Å²) in [6.07, 6.45) is 0. The van der Waals surface area contributed by atoms with Gasteiger partial charge in [0.2, 0.25) is 0 Å². The molecule has 0 bridgehead atoms. The molecule has 0 heterocycles. The van der Waals surface area contributed by atoms with Crippen LogP contribution in [0.25, 0.3) is 11.1 Å².